The molecule has 0 aliphatic rings. The fraction of sp³-hybridized carbons (Fsp3) is 0.533. The number of aliphatic imine (C=N–C) groups is 1. The third-order valence-corrected chi connectivity index (χ3v) is 3.14. The number of halogens is 1. The van der Waals surface area contributed by atoms with Gasteiger partial charge in [0.1, 0.15) is 0 Å². The lowest BCUT2D eigenvalue weighted by Gasteiger charge is -2.11. The maximum atomic E-state index is 5.86. The average Bonchev–Trinajstić information content (AvgIpc) is 2.47. The SMILES string of the molecule is CN=C(NCCCOC)NCCCc1ccc(Cl)cc1. The molecule has 0 spiro atoms. The van der Waals surface area contributed by atoms with E-state index in [1.165, 1.54) is 5.56 Å². The highest BCUT2D eigenvalue weighted by atomic mass is 35.5. The molecule has 0 amide bonds. The third-order valence-electron chi connectivity index (χ3n) is 2.89. The largest absolute Gasteiger partial charge is 0.385 e. The van der Waals surface area contributed by atoms with Gasteiger partial charge in [-0.25, -0.2) is 0 Å². The van der Waals surface area contributed by atoms with Crippen molar-refractivity contribution < 1.29 is 4.74 Å². The number of guanidine groups is 1. The first-order chi connectivity index (χ1) is 9.76. The number of methoxy groups -OCH3 is 1. The Balaban J connectivity index is 2.13. The van der Waals surface area contributed by atoms with Crippen LogP contribution in [0.2, 0.25) is 5.02 Å². The Bertz CT molecular complexity index is 393. The molecule has 1 aromatic rings. The molecule has 0 fully saturated rings. The summed E-state index contributed by atoms with van der Waals surface area (Å²) in [6.07, 6.45) is 3.06. The zero-order chi connectivity index (χ0) is 14.6. The molecule has 0 aromatic heterocycles. The van der Waals surface area contributed by atoms with E-state index in [-0.39, 0.29) is 0 Å². The average molecular weight is 298 g/mol. The Hall–Kier alpha value is -1.26. The van der Waals surface area contributed by atoms with Crippen molar-refractivity contribution in [2.45, 2.75) is 19.3 Å². The van der Waals surface area contributed by atoms with Crippen molar-refractivity contribution in [3.63, 3.8) is 0 Å². The minimum atomic E-state index is 0.764. The normalized spacial score (nSPS) is 11.4. The van der Waals surface area contributed by atoms with E-state index in [4.69, 9.17) is 16.3 Å². The summed E-state index contributed by atoms with van der Waals surface area (Å²) in [4.78, 5) is 4.18. The summed E-state index contributed by atoms with van der Waals surface area (Å²) in [5.41, 5.74) is 1.30. The van der Waals surface area contributed by atoms with E-state index in [2.05, 4.69) is 27.8 Å². The van der Waals surface area contributed by atoms with Crippen molar-refractivity contribution in [2.75, 3.05) is 33.9 Å². The lowest BCUT2D eigenvalue weighted by Crippen LogP contribution is -2.38. The van der Waals surface area contributed by atoms with Crippen LogP contribution in [-0.2, 0) is 11.2 Å². The van der Waals surface area contributed by atoms with Crippen molar-refractivity contribution >= 4 is 17.6 Å². The maximum absolute atomic E-state index is 5.86. The molecular weight excluding hydrogens is 274 g/mol. The number of nitrogens with zero attached hydrogens (tertiary/aromatic N) is 1. The Morgan fingerprint density at radius 1 is 1.15 bits per heavy atom. The van der Waals surface area contributed by atoms with Crippen LogP contribution >= 0.6 is 11.6 Å². The molecular formula is C15H24ClN3O. The van der Waals surface area contributed by atoms with E-state index in [1.807, 2.05) is 12.1 Å². The molecule has 112 valence electrons. The van der Waals surface area contributed by atoms with Crippen molar-refractivity contribution in [3.8, 4) is 0 Å². The van der Waals surface area contributed by atoms with Crippen molar-refractivity contribution in [2.24, 2.45) is 4.99 Å². The summed E-state index contributed by atoms with van der Waals surface area (Å²) in [7, 11) is 3.49. The van der Waals surface area contributed by atoms with E-state index in [1.54, 1.807) is 14.2 Å². The topological polar surface area (TPSA) is 45.7 Å². The molecule has 1 aromatic carbocycles. The zero-order valence-corrected chi connectivity index (χ0v) is 13.0. The van der Waals surface area contributed by atoms with Gasteiger partial charge in [-0.2, -0.15) is 0 Å². The number of benzene rings is 1. The number of ether oxygens (including phenoxy) is 1. The molecule has 4 nitrogen and oxygen atoms in total. The first kappa shape index (κ1) is 16.8. The van der Waals surface area contributed by atoms with Crippen molar-refractivity contribution in [1.82, 2.24) is 10.6 Å². The Morgan fingerprint density at radius 2 is 1.80 bits per heavy atom. The van der Waals surface area contributed by atoms with Gasteiger partial charge in [0.05, 0.1) is 0 Å². The molecule has 0 heterocycles. The Labute approximate surface area is 126 Å². The number of hydrogen-bond acceptors (Lipinski definition) is 2. The predicted molar refractivity (Wildman–Crippen MR) is 85.6 cm³/mol. The van der Waals surface area contributed by atoms with Gasteiger partial charge in [0, 0.05) is 38.9 Å². The molecule has 0 saturated heterocycles. The van der Waals surface area contributed by atoms with Crippen LogP contribution < -0.4 is 10.6 Å². The highest BCUT2D eigenvalue weighted by molar-refractivity contribution is 6.30. The standard InChI is InChI=1S/C15H24ClN3O/c1-17-15(19-11-4-12-20-2)18-10-3-5-13-6-8-14(16)9-7-13/h6-9H,3-5,10-12H2,1-2H3,(H2,17,18,19). The Kier molecular flexibility index (Phi) is 8.83. The fourth-order valence-corrected chi connectivity index (χ4v) is 1.92. The van der Waals surface area contributed by atoms with Gasteiger partial charge in [-0.3, -0.25) is 4.99 Å². The highest BCUT2D eigenvalue weighted by Gasteiger charge is 1.97. The van der Waals surface area contributed by atoms with Gasteiger partial charge in [-0.15, -0.1) is 0 Å². The summed E-state index contributed by atoms with van der Waals surface area (Å²) in [6.45, 7) is 2.53. The van der Waals surface area contributed by atoms with Crippen molar-refractivity contribution in [1.29, 1.82) is 0 Å². The summed E-state index contributed by atoms with van der Waals surface area (Å²) in [5.74, 6) is 0.845. The molecule has 0 radical (unpaired) electrons. The summed E-state index contributed by atoms with van der Waals surface area (Å²) >= 11 is 5.86. The fourth-order valence-electron chi connectivity index (χ4n) is 1.79. The van der Waals surface area contributed by atoms with E-state index < -0.39 is 0 Å². The number of nitrogens with one attached hydrogen (secondary N) is 2. The molecule has 2 N–H and O–H groups in total. The van der Waals surface area contributed by atoms with Gasteiger partial charge in [0.2, 0.25) is 0 Å². The van der Waals surface area contributed by atoms with Gasteiger partial charge in [-0.05, 0) is 37.0 Å². The molecule has 1 rings (SSSR count). The molecule has 5 heteroatoms. The van der Waals surface area contributed by atoms with Crippen LogP contribution in [0, 0.1) is 0 Å². The van der Waals surface area contributed by atoms with Crippen LogP contribution in [0.5, 0.6) is 0 Å². The zero-order valence-electron chi connectivity index (χ0n) is 12.3. The summed E-state index contributed by atoms with van der Waals surface area (Å²) in [6, 6.07) is 8.00. The van der Waals surface area contributed by atoms with Gasteiger partial charge >= 0.3 is 0 Å². The molecule has 0 unspecified atom stereocenters. The molecule has 0 atom stereocenters. The van der Waals surface area contributed by atoms with Gasteiger partial charge in [0.15, 0.2) is 5.96 Å². The van der Waals surface area contributed by atoms with Gasteiger partial charge in [0.25, 0.3) is 0 Å². The molecule has 20 heavy (non-hydrogen) atoms. The second-order valence-corrected chi connectivity index (χ2v) is 4.94. The minimum absolute atomic E-state index is 0.764. The lowest BCUT2D eigenvalue weighted by atomic mass is 10.1. The molecule has 0 bridgehead atoms. The van der Waals surface area contributed by atoms with Crippen LogP contribution in [0.15, 0.2) is 29.3 Å². The first-order valence-electron chi connectivity index (χ1n) is 6.94. The lowest BCUT2D eigenvalue weighted by molar-refractivity contribution is 0.195. The van der Waals surface area contributed by atoms with Gasteiger partial charge in [-0.1, -0.05) is 23.7 Å². The van der Waals surface area contributed by atoms with E-state index in [0.717, 1.165) is 49.9 Å². The smallest absolute Gasteiger partial charge is 0.190 e. The quantitative estimate of drug-likeness (QED) is 0.440. The summed E-state index contributed by atoms with van der Waals surface area (Å²) in [5, 5.41) is 7.34. The minimum Gasteiger partial charge on any atom is -0.385 e. The predicted octanol–water partition coefficient (Wildman–Crippen LogP) is 2.47. The van der Waals surface area contributed by atoms with E-state index >= 15 is 0 Å². The van der Waals surface area contributed by atoms with Gasteiger partial charge < -0.3 is 15.4 Å². The maximum Gasteiger partial charge on any atom is 0.190 e. The molecule has 0 aliphatic heterocycles. The number of hydrogen-bond donors (Lipinski definition) is 2. The summed E-state index contributed by atoms with van der Waals surface area (Å²) < 4.78 is 5.00. The van der Waals surface area contributed by atoms with Crippen LogP contribution in [0.25, 0.3) is 0 Å². The highest BCUT2D eigenvalue weighted by Crippen LogP contribution is 2.10. The molecule has 0 saturated carbocycles. The van der Waals surface area contributed by atoms with E-state index in [9.17, 15) is 0 Å². The Morgan fingerprint density at radius 3 is 2.40 bits per heavy atom. The first-order valence-corrected chi connectivity index (χ1v) is 7.32. The second-order valence-electron chi connectivity index (χ2n) is 4.50. The monoisotopic (exact) mass is 297 g/mol. The van der Waals surface area contributed by atoms with Crippen LogP contribution in [0.3, 0.4) is 0 Å². The third kappa shape index (κ3) is 7.36. The van der Waals surface area contributed by atoms with Crippen LogP contribution in [0.1, 0.15) is 18.4 Å². The molecule has 0 aliphatic carbocycles. The van der Waals surface area contributed by atoms with Crippen molar-refractivity contribution in [3.05, 3.63) is 34.9 Å². The van der Waals surface area contributed by atoms with E-state index in [0.29, 0.717) is 0 Å². The van der Waals surface area contributed by atoms with Crippen LogP contribution in [0.4, 0.5) is 0 Å². The van der Waals surface area contributed by atoms with Crippen LogP contribution in [-0.4, -0.2) is 39.8 Å². The number of aryl methyl sites for hydroxylation is 1. The number of rotatable bonds is 8. The second kappa shape index (κ2) is 10.5.